The van der Waals surface area contributed by atoms with Crippen LogP contribution >= 0.6 is 0 Å². The molecule has 1 aromatic carbocycles. The predicted octanol–water partition coefficient (Wildman–Crippen LogP) is 3.03. The van der Waals surface area contributed by atoms with Crippen LogP contribution in [0.15, 0.2) is 36.5 Å². The van der Waals surface area contributed by atoms with Crippen molar-refractivity contribution in [3.63, 3.8) is 0 Å². The first kappa shape index (κ1) is 22.5. The molecule has 1 aromatic heterocycles. The first-order valence-corrected chi connectivity index (χ1v) is 10.3. The van der Waals surface area contributed by atoms with E-state index in [1.54, 1.807) is 13.0 Å². The molecule has 0 spiro atoms. The van der Waals surface area contributed by atoms with Gasteiger partial charge in [-0.05, 0) is 43.8 Å². The lowest BCUT2D eigenvalue weighted by molar-refractivity contribution is 0.0600. The molecule has 1 saturated heterocycles. The molecule has 9 heteroatoms. The number of aromatic nitrogens is 1. The monoisotopic (exact) mass is 429 g/mol. The molecule has 3 rings (SSSR count). The average molecular weight is 429 g/mol. The van der Waals surface area contributed by atoms with Crippen molar-refractivity contribution in [3.8, 4) is 0 Å². The Hall–Kier alpha value is -3.20. The predicted molar refractivity (Wildman–Crippen MR) is 117 cm³/mol. The Morgan fingerprint density at radius 3 is 2.61 bits per heavy atom. The molecule has 2 aromatic rings. The van der Waals surface area contributed by atoms with E-state index in [0.717, 1.165) is 38.4 Å². The number of carbonyl (C=O) groups excluding carboxylic acids is 2. The zero-order valence-corrected chi connectivity index (χ0v) is 18.0. The summed E-state index contributed by atoms with van der Waals surface area (Å²) in [4.78, 5) is 32.8. The first-order valence-electron chi connectivity index (χ1n) is 10.3. The second-order valence-electron chi connectivity index (χ2n) is 7.37. The summed E-state index contributed by atoms with van der Waals surface area (Å²) in [6, 6.07) is 6.64. The van der Waals surface area contributed by atoms with E-state index in [4.69, 9.17) is 0 Å². The Bertz CT molecular complexity index is 931. The van der Waals surface area contributed by atoms with Crippen LogP contribution in [0, 0.1) is 5.82 Å². The molecule has 31 heavy (non-hydrogen) atoms. The van der Waals surface area contributed by atoms with Crippen LogP contribution in [0.25, 0.3) is 0 Å². The fourth-order valence-corrected chi connectivity index (χ4v) is 3.64. The van der Waals surface area contributed by atoms with Crippen LogP contribution in [0.4, 0.5) is 20.7 Å². The highest BCUT2D eigenvalue weighted by Crippen LogP contribution is 2.28. The minimum Gasteiger partial charge on any atom is -0.465 e. The largest absolute Gasteiger partial charge is 0.465 e. The number of hydrogen-bond acceptors (Lipinski definition) is 6. The van der Waals surface area contributed by atoms with Gasteiger partial charge in [-0.25, -0.2) is 19.0 Å². The highest BCUT2D eigenvalue weighted by Gasteiger charge is 2.22. The molecular formula is C22H28FN5O3. The van der Waals surface area contributed by atoms with Crippen molar-refractivity contribution in [2.75, 3.05) is 50.1 Å². The number of urea groups is 1. The van der Waals surface area contributed by atoms with Gasteiger partial charge in [0, 0.05) is 43.6 Å². The van der Waals surface area contributed by atoms with Gasteiger partial charge in [0.2, 0.25) is 0 Å². The topological polar surface area (TPSA) is 86.8 Å². The molecule has 2 amide bonds. The van der Waals surface area contributed by atoms with Crippen molar-refractivity contribution in [2.45, 2.75) is 19.9 Å². The van der Waals surface area contributed by atoms with E-state index in [0.29, 0.717) is 5.56 Å². The van der Waals surface area contributed by atoms with Crippen LogP contribution in [0.1, 0.15) is 35.8 Å². The van der Waals surface area contributed by atoms with Gasteiger partial charge >= 0.3 is 12.0 Å². The van der Waals surface area contributed by atoms with Crippen LogP contribution < -0.4 is 15.5 Å². The third-order valence-electron chi connectivity index (χ3n) is 5.39. The summed E-state index contributed by atoms with van der Waals surface area (Å²) in [6.45, 7) is 8.52. The molecular weight excluding hydrogens is 401 g/mol. The van der Waals surface area contributed by atoms with Gasteiger partial charge in [-0.1, -0.05) is 6.92 Å². The molecule has 8 nitrogen and oxygen atoms in total. The molecule has 1 unspecified atom stereocenters. The third kappa shape index (κ3) is 5.69. The van der Waals surface area contributed by atoms with Crippen molar-refractivity contribution in [1.29, 1.82) is 0 Å². The minimum absolute atomic E-state index is 0.211. The van der Waals surface area contributed by atoms with Gasteiger partial charge in [-0.3, -0.25) is 5.32 Å². The summed E-state index contributed by atoms with van der Waals surface area (Å²) < 4.78 is 18.7. The molecule has 1 aliphatic heterocycles. The van der Waals surface area contributed by atoms with Crippen LogP contribution in [0.5, 0.6) is 0 Å². The molecule has 0 bridgehead atoms. The number of rotatable bonds is 6. The van der Waals surface area contributed by atoms with Gasteiger partial charge in [0.15, 0.2) is 0 Å². The number of benzene rings is 1. The maximum absolute atomic E-state index is 14.0. The van der Waals surface area contributed by atoms with Crippen molar-refractivity contribution in [3.05, 3.63) is 53.5 Å². The summed E-state index contributed by atoms with van der Waals surface area (Å²) in [7, 11) is 1.28. The van der Waals surface area contributed by atoms with E-state index in [1.807, 2.05) is 0 Å². The van der Waals surface area contributed by atoms with E-state index < -0.39 is 18.0 Å². The number of carbonyl (C=O) groups is 2. The lowest BCUT2D eigenvalue weighted by Crippen LogP contribution is -2.46. The molecule has 0 radical (unpaired) electrons. The van der Waals surface area contributed by atoms with Crippen LogP contribution in [0.2, 0.25) is 0 Å². The zero-order chi connectivity index (χ0) is 22.4. The van der Waals surface area contributed by atoms with Crippen molar-refractivity contribution in [2.24, 2.45) is 0 Å². The van der Waals surface area contributed by atoms with Crippen LogP contribution in [-0.4, -0.2) is 61.7 Å². The van der Waals surface area contributed by atoms with Gasteiger partial charge in [0.25, 0.3) is 0 Å². The zero-order valence-electron chi connectivity index (χ0n) is 18.0. The Kier molecular flexibility index (Phi) is 7.41. The number of nitrogens with zero attached hydrogens (tertiary/aromatic N) is 3. The number of piperazine rings is 1. The van der Waals surface area contributed by atoms with Crippen molar-refractivity contribution < 1.29 is 18.7 Å². The SMILES string of the molecule is CCN1CCN(c2ccc(F)cc2C(C)NC(=O)Nc2cc(C(=O)OC)ccn2)CC1. The van der Waals surface area contributed by atoms with Gasteiger partial charge in [-0.15, -0.1) is 0 Å². The van der Waals surface area contributed by atoms with Gasteiger partial charge < -0.3 is 19.9 Å². The Morgan fingerprint density at radius 2 is 1.94 bits per heavy atom. The quantitative estimate of drug-likeness (QED) is 0.687. The lowest BCUT2D eigenvalue weighted by atomic mass is 10.0. The third-order valence-corrected chi connectivity index (χ3v) is 5.39. The molecule has 1 fully saturated rings. The number of anilines is 2. The summed E-state index contributed by atoms with van der Waals surface area (Å²) in [5.74, 6) is -0.665. The summed E-state index contributed by atoms with van der Waals surface area (Å²) >= 11 is 0. The maximum Gasteiger partial charge on any atom is 0.338 e. The fourth-order valence-electron chi connectivity index (χ4n) is 3.64. The molecule has 2 heterocycles. The molecule has 0 saturated carbocycles. The highest BCUT2D eigenvalue weighted by molar-refractivity contribution is 5.93. The standard InChI is InChI=1S/C22H28FN5O3/c1-4-27-9-11-28(12-10-27)19-6-5-17(23)14-18(19)15(2)25-22(30)26-20-13-16(7-8-24-20)21(29)31-3/h5-8,13-15H,4,9-12H2,1-3H3,(H2,24,25,26,30). The molecule has 166 valence electrons. The van der Waals surface area contributed by atoms with E-state index in [9.17, 15) is 14.0 Å². The van der Waals surface area contributed by atoms with E-state index >= 15 is 0 Å². The van der Waals surface area contributed by atoms with E-state index in [-0.39, 0.29) is 17.2 Å². The fraction of sp³-hybridized carbons (Fsp3) is 0.409. The van der Waals surface area contributed by atoms with Gasteiger partial charge in [0.1, 0.15) is 11.6 Å². The molecule has 2 N–H and O–H groups in total. The average Bonchev–Trinajstić information content (AvgIpc) is 2.78. The molecule has 1 aliphatic rings. The summed E-state index contributed by atoms with van der Waals surface area (Å²) in [5, 5.41) is 5.43. The lowest BCUT2D eigenvalue weighted by Gasteiger charge is -2.37. The molecule has 1 atom stereocenters. The number of methoxy groups -OCH3 is 1. The van der Waals surface area contributed by atoms with E-state index in [1.165, 1.54) is 37.6 Å². The minimum atomic E-state index is -0.521. The first-order chi connectivity index (χ1) is 14.9. The number of nitrogens with one attached hydrogen (secondary N) is 2. The Balaban J connectivity index is 1.70. The second kappa shape index (κ2) is 10.2. The van der Waals surface area contributed by atoms with Gasteiger partial charge in [0.05, 0.1) is 18.7 Å². The van der Waals surface area contributed by atoms with Crippen molar-refractivity contribution >= 4 is 23.5 Å². The number of hydrogen-bond donors (Lipinski definition) is 2. The van der Waals surface area contributed by atoms with E-state index in [2.05, 4.69) is 37.1 Å². The number of amides is 2. The Morgan fingerprint density at radius 1 is 1.19 bits per heavy atom. The van der Waals surface area contributed by atoms with Crippen molar-refractivity contribution in [1.82, 2.24) is 15.2 Å². The van der Waals surface area contributed by atoms with Gasteiger partial charge in [-0.2, -0.15) is 0 Å². The number of likely N-dealkylation sites (N-methyl/N-ethyl adjacent to an activating group) is 1. The Labute approximate surface area is 181 Å². The normalized spacial score (nSPS) is 15.3. The van der Waals surface area contributed by atoms with Crippen LogP contribution in [-0.2, 0) is 4.74 Å². The number of pyridine rings is 1. The van der Waals surface area contributed by atoms with Crippen LogP contribution in [0.3, 0.4) is 0 Å². The number of halogens is 1. The smallest absolute Gasteiger partial charge is 0.338 e. The number of esters is 1. The summed E-state index contributed by atoms with van der Waals surface area (Å²) in [6.07, 6.45) is 1.41. The molecule has 0 aliphatic carbocycles. The summed E-state index contributed by atoms with van der Waals surface area (Å²) in [5.41, 5.74) is 1.90. The second-order valence-corrected chi connectivity index (χ2v) is 7.37. The number of ether oxygens (including phenoxy) is 1. The maximum atomic E-state index is 14.0. The highest BCUT2D eigenvalue weighted by atomic mass is 19.1.